The van der Waals surface area contributed by atoms with E-state index in [-0.39, 0.29) is 7.77 Å². The summed E-state index contributed by atoms with van der Waals surface area (Å²) in [5.74, 6) is 0. The Hall–Kier alpha value is 1.21. The maximum absolute atomic E-state index is 3.66. The van der Waals surface area contributed by atoms with Gasteiger partial charge >= 0.3 is 0 Å². The van der Waals surface area contributed by atoms with E-state index in [9.17, 15) is 0 Å². The van der Waals surface area contributed by atoms with E-state index in [1.54, 1.807) is 0 Å². The zero-order chi connectivity index (χ0) is 9.57. The van der Waals surface area contributed by atoms with E-state index in [1.807, 2.05) is 0 Å². The van der Waals surface area contributed by atoms with E-state index >= 15 is 0 Å². The van der Waals surface area contributed by atoms with Gasteiger partial charge in [-0.25, -0.2) is 0 Å². The van der Waals surface area contributed by atoms with Crippen molar-refractivity contribution in [2.45, 2.75) is 39.3 Å². The van der Waals surface area contributed by atoms with Gasteiger partial charge in [0.25, 0.3) is 0 Å². The Morgan fingerprint density at radius 3 is 1.67 bits per heavy atom. The van der Waals surface area contributed by atoms with Crippen LogP contribution in [0.2, 0.25) is 39.3 Å². The number of nitrogens with one attached hydrogen (secondary N) is 1. The van der Waals surface area contributed by atoms with Gasteiger partial charge < -0.3 is 0 Å². The van der Waals surface area contributed by atoms with Crippen LogP contribution in [0.15, 0.2) is 0 Å². The van der Waals surface area contributed by atoms with E-state index in [1.165, 1.54) is 0 Å². The lowest BCUT2D eigenvalue weighted by Gasteiger charge is -2.53. The molecule has 2 nitrogen and oxygen atoms in total. The molecule has 2 atom stereocenters. The molecule has 0 radical (unpaired) electrons. The van der Waals surface area contributed by atoms with E-state index in [2.05, 4.69) is 48.2 Å². The topological polar surface area (TPSA) is 15.3 Å². The highest BCUT2D eigenvalue weighted by Crippen LogP contribution is 2.64. The standard InChI is InChI=1S/C6H20N2P2Si2/c1-11(2,3)8-9-7-10(8)12(4,5)6/h7,9H,1-6H3. The lowest BCUT2D eigenvalue weighted by Crippen LogP contribution is -2.50. The van der Waals surface area contributed by atoms with Gasteiger partial charge in [-0.05, 0) is 0 Å². The molecule has 1 saturated heterocycles. The van der Waals surface area contributed by atoms with Crippen LogP contribution in [0.25, 0.3) is 0 Å². The summed E-state index contributed by atoms with van der Waals surface area (Å²) in [6.07, 6.45) is 0. The first-order chi connectivity index (χ1) is 5.23. The Morgan fingerprint density at radius 2 is 1.58 bits per heavy atom. The second kappa shape index (κ2) is 3.41. The molecule has 0 aromatic rings. The Morgan fingerprint density at radius 1 is 1.08 bits per heavy atom. The predicted octanol–water partition coefficient (Wildman–Crippen LogP) is 3.38. The fourth-order valence-corrected chi connectivity index (χ4v) is 22.7. The molecule has 1 heterocycles. The molecule has 0 bridgehead atoms. The largest absolute Gasteiger partial charge is 0.264 e. The summed E-state index contributed by atoms with van der Waals surface area (Å²) in [6, 6.07) is 0. The van der Waals surface area contributed by atoms with Crippen LogP contribution in [0.4, 0.5) is 0 Å². The van der Waals surface area contributed by atoms with Crippen molar-refractivity contribution in [1.29, 1.82) is 0 Å². The van der Waals surface area contributed by atoms with Gasteiger partial charge in [-0.3, -0.25) is 8.96 Å². The first-order valence-corrected chi connectivity index (χ1v) is 14.4. The third kappa shape index (κ3) is 2.37. The molecule has 72 valence electrons. The molecule has 0 aromatic carbocycles. The molecule has 1 fully saturated rings. The summed E-state index contributed by atoms with van der Waals surface area (Å²) in [6.45, 7) is 14.8. The molecule has 1 aliphatic heterocycles. The average molecular weight is 238 g/mol. The van der Waals surface area contributed by atoms with Crippen molar-refractivity contribution in [3.05, 3.63) is 0 Å². The van der Waals surface area contributed by atoms with E-state index in [0.29, 0.717) is 0 Å². The average Bonchev–Trinajstić information content (AvgIpc) is 1.46. The lowest BCUT2D eigenvalue weighted by atomic mass is 11.8. The normalized spacial score (nSPS) is 29.0. The first-order valence-electron chi connectivity index (χ1n) is 4.34. The second-order valence-electron chi connectivity index (χ2n) is 5.19. The van der Waals surface area contributed by atoms with Crippen LogP contribution in [0.5, 0.6) is 0 Å². The lowest BCUT2D eigenvalue weighted by molar-refractivity contribution is 1.01. The molecule has 6 heteroatoms. The van der Waals surface area contributed by atoms with Gasteiger partial charge in [-0.1, -0.05) is 39.3 Å². The highest BCUT2D eigenvalue weighted by atomic mass is 31.4. The quantitative estimate of drug-likeness (QED) is 0.586. The van der Waals surface area contributed by atoms with Gasteiger partial charge in [0.2, 0.25) is 0 Å². The van der Waals surface area contributed by atoms with E-state index in [4.69, 9.17) is 0 Å². The molecule has 0 amide bonds. The summed E-state index contributed by atoms with van der Waals surface area (Å²) < 4.78 is 2.80. The van der Waals surface area contributed by atoms with Gasteiger partial charge in [0.15, 0.2) is 0 Å². The van der Waals surface area contributed by atoms with Crippen molar-refractivity contribution >= 4 is 32.6 Å². The zero-order valence-corrected chi connectivity index (χ0v) is 12.8. The number of rotatable bonds is 2. The molecule has 0 spiro atoms. The van der Waals surface area contributed by atoms with E-state index < -0.39 is 16.0 Å². The van der Waals surface area contributed by atoms with Crippen LogP contribution in [0.1, 0.15) is 0 Å². The number of hydrogen-bond acceptors (Lipinski definition) is 2. The minimum atomic E-state index is -1.000. The van der Waals surface area contributed by atoms with Gasteiger partial charge in [0.1, 0.15) is 16.0 Å². The van der Waals surface area contributed by atoms with Crippen molar-refractivity contribution in [1.82, 2.24) is 8.96 Å². The SMILES string of the molecule is C[Si](C)(C)N1PNP1[Si](C)(C)C. The van der Waals surface area contributed by atoms with Crippen LogP contribution in [-0.4, -0.2) is 20.1 Å². The Bertz CT molecular complexity index is 155. The highest BCUT2D eigenvalue weighted by Gasteiger charge is 2.44. The molecule has 1 rings (SSSR count). The molecular formula is C6H20N2P2Si2. The first kappa shape index (κ1) is 11.3. The van der Waals surface area contributed by atoms with Crippen molar-refractivity contribution in [3.8, 4) is 0 Å². The number of nitrogens with zero attached hydrogens (tertiary/aromatic N) is 1. The van der Waals surface area contributed by atoms with Crippen molar-refractivity contribution in [3.63, 3.8) is 0 Å². The maximum atomic E-state index is 3.66. The van der Waals surface area contributed by atoms with Crippen LogP contribution in [0.3, 0.4) is 0 Å². The third-order valence-electron chi connectivity index (χ3n) is 1.73. The molecule has 12 heavy (non-hydrogen) atoms. The van der Waals surface area contributed by atoms with Crippen molar-refractivity contribution in [2.24, 2.45) is 0 Å². The predicted molar refractivity (Wildman–Crippen MR) is 66.9 cm³/mol. The molecule has 0 saturated carbocycles. The smallest absolute Gasteiger partial charge is 0.130 e. The zero-order valence-electron chi connectivity index (χ0n) is 8.89. The minimum Gasteiger partial charge on any atom is -0.264 e. The third-order valence-corrected chi connectivity index (χ3v) is 18.4. The van der Waals surface area contributed by atoms with Crippen LogP contribution >= 0.6 is 16.7 Å². The van der Waals surface area contributed by atoms with Crippen LogP contribution < -0.4 is 4.86 Å². The van der Waals surface area contributed by atoms with E-state index in [0.717, 1.165) is 8.88 Å². The van der Waals surface area contributed by atoms with Gasteiger partial charge in [0.05, 0.1) is 0 Å². The molecule has 0 aliphatic carbocycles. The fraction of sp³-hybridized carbons (Fsp3) is 1.00. The second-order valence-corrected chi connectivity index (χ2v) is 23.4. The maximum Gasteiger partial charge on any atom is 0.130 e. The fourth-order valence-electron chi connectivity index (χ4n) is 1.09. The monoisotopic (exact) mass is 238 g/mol. The summed E-state index contributed by atoms with van der Waals surface area (Å²) in [4.78, 5) is 3.66. The molecular weight excluding hydrogens is 218 g/mol. The minimum absolute atomic E-state index is 0.106. The molecule has 2 unspecified atom stereocenters. The Balaban J connectivity index is 2.62. The Labute approximate surface area is 81.2 Å². The molecule has 0 aromatic heterocycles. The molecule has 1 aliphatic rings. The Kier molecular flexibility index (Phi) is 3.21. The van der Waals surface area contributed by atoms with Crippen molar-refractivity contribution < 1.29 is 0 Å². The summed E-state index contributed by atoms with van der Waals surface area (Å²) in [5.41, 5.74) is 0. The highest BCUT2D eigenvalue weighted by molar-refractivity contribution is 8.02. The van der Waals surface area contributed by atoms with Crippen molar-refractivity contribution in [2.75, 3.05) is 0 Å². The van der Waals surface area contributed by atoms with Gasteiger partial charge in [-0.15, -0.1) is 0 Å². The van der Waals surface area contributed by atoms with Gasteiger partial charge in [-0.2, -0.15) is 0 Å². The van der Waals surface area contributed by atoms with Crippen LogP contribution in [-0.2, 0) is 0 Å². The number of hydrogen-bond donors (Lipinski definition) is 1. The summed E-state index contributed by atoms with van der Waals surface area (Å²) in [7, 11) is -0.893. The van der Waals surface area contributed by atoms with Gasteiger partial charge in [0, 0.05) is 16.7 Å². The molecule has 1 N–H and O–H groups in total. The summed E-state index contributed by atoms with van der Waals surface area (Å²) >= 11 is 0. The summed E-state index contributed by atoms with van der Waals surface area (Å²) in [5, 5.41) is 0. The van der Waals surface area contributed by atoms with Crippen LogP contribution in [0, 0.1) is 0 Å².